The standard InChI is InChI=1S/C21H26ClNO.C21H25NO.C4H4O4.H2O4S/c1-21(17-7-4-3-5-8-17,18-10-12-19(22)13-11-18)24-16-14-20-9-6-15-23(20)2;1-22-18-12-13-19(22)15-20(14-18)23-21(16-8-4-2-5-9-16)17-10-6-3-7-11-17;5-3(6)1-2-4(7)8;1-5(2,3)4/h3-5,7-8,10-13,20H,6,9,14-16H2,1-2H3;2-11,18-21H,12-15H2,1H3;1-2H,(H,5,6)(H,7,8);(H2,1,2,3,4). The van der Waals surface area contributed by atoms with E-state index in [0.29, 0.717) is 36.4 Å². The molecule has 4 aromatic rings. The lowest BCUT2D eigenvalue weighted by molar-refractivity contribution is -0.134. The predicted molar refractivity (Wildman–Crippen MR) is 233 cm³/mol. The molecule has 0 aromatic heterocycles. The van der Waals surface area contributed by atoms with Gasteiger partial charge in [0.1, 0.15) is 11.7 Å². The molecule has 2 bridgehead atoms. The van der Waals surface area contributed by atoms with E-state index in [1.807, 2.05) is 18.2 Å². The van der Waals surface area contributed by atoms with Crippen LogP contribution in [0.25, 0.3) is 0 Å². The molecular formula is C46H57ClN2O10S. The quantitative estimate of drug-likeness (QED) is 0.0790. The fourth-order valence-corrected chi connectivity index (χ4v) is 8.14. The summed E-state index contributed by atoms with van der Waals surface area (Å²) < 4.78 is 44.7. The second-order valence-electron chi connectivity index (χ2n) is 15.3. The molecule has 3 aliphatic rings. The van der Waals surface area contributed by atoms with Gasteiger partial charge in [-0.15, -0.1) is 0 Å². The molecule has 324 valence electrons. The maximum Gasteiger partial charge on any atom is 0.394 e. The molecule has 3 saturated heterocycles. The summed E-state index contributed by atoms with van der Waals surface area (Å²) in [6.07, 6.45) is 10.2. The van der Waals surface area contributed by atoms with Gasteiger partial charge in [0.2, 0.25) is 0 Å². The number of benzene rings is 4. The van der Waals surface area contributed by atoms with Crippen molar-refractivity contribution in [3.63, 3.8) is 0 Å². The van der Waals surface area contributed by atoms with E-state index in [9.17, 15) is 9.59 Å². The van der Waals surface area contributed by atoms with Gasteiger partial charge in [0.05, 0.1) is 6.10 Å². The number of carbonyl (C=O) groups is 2. The van der Waals surface area contributed by atoms with Gasteiger partial charge in [-0.25, -0.2) is 9.59 Å². The summed E-state index contributed by atoms with van der Waals surface area (Å²) in [4.78, 5) is 24.1. The van der Waals surface area contributed by atoms with Crippen molar-refractivity contribution in [3.8, 4) is 0 Å². The van der Waals surface area contributed by atoms with E-state index in [2.05, 4.69) is 128 Å². The average molecular weight is 865 g/mol. The fraction of sp³-hybridized carbons (Fsp3) is 0.391. The first-order valence-electron chi connectivity index (χ1n) is 20.0. The van der Waals surface area contributed by atoms with Gasteiger partial charge in [-0.05, 0) is 107 Å². The van der Waals surface area contributed by atoms with E-state index >= 15 is 0 Å². The second-order valence-corrected chi connectivity index (χ2v) is 16.6. The average Bonchev–Trinajstić information content (AvgIpc) is 3.71. The third-order valence-electron chi connectivity index (χ3n) is 11.2. The molecule has 7 rings (SSSR count). The summed E-state index contributed by atoms with van der Waals surface area (Å²) in [5, 5.41) is 16.4. The molecule has 14 heteroatoms. The fourth-order valence-electron chi connectivity index (χ4n) is 8.01. The first kappa shape index (κ1) is 48.2. The Balaban J connectivity index is 0.000000206. The Morgan fingerprint density at radius 3 is 1.65 bits per heavy atom. The summed E-state index contributed by atoms with van der Waals surface area (Å²) in [5.41, 5.74) is 4.36. The molecule has 3 aliphatic heterocycles. The van der Waals surface area contributed by atoms with E-state index in [1.165, 1.54) is 61.8 Å². The van der Waals surface area contributed by atoms with Gasteiger partial charge in [-0.2, -0.15) is 8.42 Å². The highest BCUT2D eigenvalue weighted by Gasteiger charge is 2.40. The Morgan fingerprint density at radius 2 is 1.22 bits per heavy atom. The van der Waals surface area contributed by atoms with Crippen LogP contribution in [0.15, 0.2) is 127 Å². The minimum absolute atomic E-state index is 0.0465. The SMILES string of the molecule is CN1C2CCC1CC(OC(c1ccccc1)c1ccccc1)C2.CN1CCCC1CCOC(C)(c1ccccc1)c1ccc(Cl)cc1.O=C(O)C=CC(=O)O.O=S(=O)(O)O. The number of carboxylic acids is 2. The number of rotatable bonds is 12. The molecule has 0 amide bonds. The van der Waals surface area contributed by atoms with Crippen molar-refractivity contribution in [2.75, 3.05) is 27.2 Å². The summed E-state index contributed by atoms with van der Waals surface area (Å²) in [6.45, 7) is 4.12. The lowest BCUT2D eigenvalue weighted by Crippen LogP contribution is -2.43. The molecular weight excluding hydrogens is 808 g/mol. The van der Waals surface area contributed by atoms with E-state index in [0.717, 1.165) is 23.6 Å². The molecule has 0 aliphatic carbocycles. The molecule has 3 heterocycles. The Hall–Kier alpha value is -4.44. The maximum absolute atomic E-state index is 9.55. The van der Waals surface area contributed by atoms with Crippen molar-refractivity contribution in [2.24, 2.45) is 0 Å². The molecule has 4 unspecified atom stereocenters. The summed E-state index contributed by atoms with van der Waals surface area (Å²) in [5.74, 6) is -2.51. The topological polar surface area (TPSA) is 174 Å². The van der Waals surface area contributed by atoms with Crippen molar-refractivity contribution in [2.45, 2.75) is 87.8 Å². The molecule has 0 spiro atoms. The summed E-state index contributed by atoms with van der Waals surface area (Å²) >= 11 is 6.07. The summed E-state index contributed by atoms with van der Waals surface area (Å²) in [7, 11) is -0.169. The highest BCUT2D eigenvalue weighted by atomic mass is 35.5. The van der Waals surface area contributed by atoms with Crippen LogP contribution in [0.1, 0.15) is 80.2 Å². The Bertz CT molecular complexity index is 1960. The van der Waals surface area contributed by atoms with Crippen molar-refractivity contribution < 1.29 is 46.8 Å². The zero-order valence-electron chi connectivity index (χ0n) is 34.3. The molecule has 4 N–H and O–H groups in total. The van der Waals surface area contributed by atoms with E-state index < -0.39 is 27.9 Å². The molecule has 3 fully saturated rings. The number of halogens is 1. The number of hydrogen-bond acceptors (Lipinski definition) is 8. The summed E-state index contributed by atoms with van der Waals surface area (Å²) in [6, 6.07) is 41.8. The molecule has 0 saturated carbocycles. The normalized spacial score (nSPS) is 21.1. The first-order valence-corrected chi connectivity index (χ1v) is 21.8. The number of piperidine rings is 1. The number of nitrogens with zero attached hydrogens (tertiary/aromatic N) is 2. The first-order chi connectivity index (χ1) is 28.5. The van der Waals surface area contributed by atoms with Crippen LogP contribution in [0.5, 0.6) is 0 Å². The van der Waals surface area contributed by atoms with Crippen LogP contribution < -0.4 is 0 Å². The minimum atomic E-state index is -4.67. The molecule has 60 heavy (non-hydrogen) atoms. The Kier molecular flexibility index (Phi) is 18.9. The Labute approximate surface area is 359 Å². The highest BCUT2D eigenvalue weighted by Crippen LogP contribution is 2.39. The molecule has 4 aromatic carbocycles. The van der Waals surface area contributed by atoms with Crippen molar-refractivity contribution in [3.05, 3.63) is 155 Å². The monoisotopic (exact) mass is 864 g/mol. The lowest BCUT2D eigenvalue weighted by Gasteiger charge is -2.38. The lowest BCUT2D eigenvalue weighted by atomic mass is 9.88. The van der Waals surface area contributed by atoms with Crippen LogP contribution in [0, 0.1) is 0 Å². The van der Waals surface area contributed by atoms with E-state index in [4.69, 9.17) is 48.8 Å². The minimum Gasteiger partial charge on any atom is -0.478 e. The van der Waals surface area contributed by atoms with Gasteiger partial charge in [-0.3, -0.25) is 9.11 Å². The van der Waals surface area contributed by atoms with Crippen molar-refractivity contribution >= 4 is 33.9 Å². The highest BCUT2D eigenvalue weighted by molar-refractivity contribution is 7.79. The largest absolute Gasteiger partial charge is 0.478 e. The van der Waals surface area contributed by atoms with Crippen LogP contribution in [-0.2, 0) is 35.1 Å². The van der Waals surface area contributed by atoms with Gasteiger partial charge in [0, 0.05) is 41.9 Å². The molecule has 12 nitrogen and oxygen atoms in total. The van der Waals surface area contributed by atoms with Gasteiger partial charge in [-0.1, -0.05) is 115 Å². The van der Waals surface area contributed by atoms with E-state index in [1.54, 1.807) is 0 Å². The van der Waals surface area contributed by atoms with Crippen LogP contribution in [-0.4, -0.2) is 101 Å². The molecule has 0 radical (unpaired) electrons. The van der Waals surface area contributed by atoms with Gasteiger partial charge < -0.3 is 29.5 Å². The van der Waals surface area contributed by atoms with Crippen LogP contribution >= 0.6 is 11.6 Å². The second kappa shape index (κ2) is 23.5. The van der Waals surface area contributed by atoms with Gasteiger partial charge >= 0.3 is 22.3 Å². The number of fused-ring (bicyclic) bond motifs is 2. The van der Waals surface area contributed by atoms with Crippen molar-refractivity contribution in [1.29, 1.82) is 0 Å². The number of hydrogen-bond donors (Lipinski definition) is 4. The smallest absolute Gasteiger partial charge is 0.394 e. The molecule has 4 atom stereocenters. The zero-order valence-corrected chi connectivity index (χ0v) is 35.9. The third kappa shape index (κ3) is 15.9. The van der Waals surface area contributed by atoms with Crippen molar-refractivity contribution in [1.82, 2.24) is 9.80 Å². The zero-order chi connectivity index (χ0) is 43.7. The van der Waals surface area contributed by atoms with Gasteiger partial charge in [0.15, 0.2) is 0 Å². The van der Waals surface area contributed by atoms with Crippen LogP contribution in [0.4, 0.5) is 0 Å². The predicted octanol–water partition coefficient (Wildman–Crippen LogP) is 8.58. The Morgan fingerprint density at radius 1 is 0.767 bits per heavy atom. The number of likely N-dealkylation sites (tertiary alicyclic amines) is 1. The number of aliphatic carboxylic acids is 2. The van der Waals surface area contributed by atoms with Crippen LogP contribution in [0.3, 0.4) is 0 Å². The van der Waals surface area contributed by atoms with Crippen LogP contribution in [0.2, 0.25) is 5.02 Å². The number of carboxylic acid groups (broad SMARTS) is 2. The third-order valence-corrected chi connectivity index (χ3v) is 11.4. The van der Waals surface area contributed by atoms with Gasteiger partial charge in [0.25, 0.3) is 0 Å². The maximum atomic E-state index is 9.55. The van der Waals surface area contributed by atoms with E-state index in [-0.39, 0.29) is 6.10 Å². The number of ether oxygens (including phenoxy) is 2.